The van der Waals surface area contributed by atoms with Gasteiger partial charge in [0, 0.05) is 19.5 Å². The van der Waals surface area contributed by atoms with E-state index in [1.807, 2.05) is 24.3 Å². The number of likely N-dealkylation sites (tertiary alicyclic amines) is 1. The molecule has 0 unspecified atom stereocenters. The number of aryl methyl sites for hydroxylation is 1. The van der Waals surface area contributed by atoms with Gasteiger partial charge in [-0.1, -0.05) is 18.2 Å². The number of rotatable bonds is 6. The Morgan fingerprint density at radius 2 is 2.05 bits per heavy atom. The summed E-state index contributed by atoms with van der Waals surface area (Å²) < 4.78 is 6.12. The van der Waals surface area contributed by atoms with Gasteiger partial charge in [-0.05, 0) is 44.4 Å². The lowest BCUT2D eigenvalue weighted by molar-refractivity contribution is -0.137. The van der Waals surface area contributed by atoms with Crippen LogP contribution in [0.25, 0.3) is 0 Å². The first kappa shape index (κ1) is 14.9. The number of hydrogen-bond acceptors (Lipinski definition) is 3. The van der Waals surface area contributed by atoms with Crippen LogP contribution in [0.1, 0.15) is 31.2 Å². The van der Waals surface area contributed by atoms with Gasteiger partial charge in [-0.2, -0.15) is 0 Å². The number of hydrogen-bond donors (Lipinski definition) is 1. The fourth-order valence-corrected chi connectivity index (χ4v) is 2.54. The van der Waals surface area contributed by atoms with Crippen LogP contribution in [0.2, 0.25) is 0 Å². The molecule has 1 aliphatic heterocycles. The number of carboxylic acids is 1. The number of carboxylic acid groups (broad SMARTS) is 1. The minimum Gasteiger partial charge on any atom is -0.490 e. The first-order valence-electron chi connectivity index (χ1n) is 7.30. The van der Waals surface area contributed by atoms with Crippen LogP contribution < -0.4 is 4.74 Å². The summed E-state index contributed by atoms with van der Waals surface area (Å²) in [5.41, 5.74) is 1.12. The number of nitrogens with zero attached hydrogens (tertiary/aromatic N) is 1. The predicted molar refractivity (Wildman–Crippen MR) is 78.2 cm³/mol. The quantitative estimate of drug-likeness (QED) is 0.868. The summed E-state index contributed by atoms with van der Waals surface area (Å²) in [5.74, 6) is 0.186. The Hall–Kier alpha value is -1.55. The van der Waals surface area contributed by atoms with Crippen LogP contribution in [-0.2, 0) is 11.2 Å². The van der Waals surface area contributed by atoms with Crippen molar-refractivity contribution in [2.24, 2.45) is 0 Å². The first-order valence-corrected chi connectivity index (χ1v) is 7.30. The summed E-state index contributed by atoms with van der Waals surface area (Å²) in [5, 5.41) is 8.71. The van der Waals surface area contributed by atoms with Gasteiger partial charge in [0.1, 0.15) is 11.9 Å². The van der Waals surface area contributed by atoms with E-state index in [9.17, 15) is 4.79 Å². The molecule has 2 rings (SSSR count). The highest BCUT2D eigenvalue weighted by Gasteiger charge is 2.18. The van der Waals surface area contributed by atoms with Crippen LogP contribution in [0.5, 0.6) is 5.75 Å². The van der Waals surface area contributed by atoms with E-state index >= 15 is 0 Å². The Kier molecular flexibility index (Phi) is 5.41. The number of para-hydroxylation sites is 1. The van der Waals surface area contributed by atoms with Gasteiger partial charge >= 0.3 is 5.97 Å². The van der Waals surface area contributed by atoms with Crippen molar-refractivity contribution in [1.29, 1.82) is 0 Å². The van der Waals surface area contributed by atoms with E-state index in [4.69, 9.17) is 9.84 Å². The van der Waals surface area contributed by atoms with Crippen molar-refractivity contribution in [3.63, 3.8) is 0 Å². The summed E-state index contributed by atoms with van der Waals surface area (Å²) in [6, 6.07) is 7.99. The molecule has 0 radical (unpaired) electrons. The van der Waals surface area contributed by atoms with Crippen LogP contribution in [0.15, 0.2) is 24.3 Å². The predicted octanol–water partition coefficient (Wildman–Crippen LogP) is 2.57. The number of piperidine rings is 1. The second-order valence-corrected chi connectivity index (χ2v) is 5.48. The fraction of sp³-hybridized carbons (Fsp3) is 0.562. The molecule has 1 fully saturated rings. The summed E-state index contributed by atoms with van der Waals surface area (Å²) >= 11 is 0. The summed E-state index contributed by atoms with van der Waals surface area (Å²) in [4.78, 5) is 12.9. The Morgan fingerprint density at radius 3 is 2.75 bits per heavy atom. The highest BCUT2D eigenvalue weighted by molar-refractivity contribution is 5.66. The maximum Gasteiger partial charge on any atom is 0.303 e. The van der Waals surface area contributed by atoms with E-state index in [0.29, 0.717) is 6.42 Å². The Bertz CT molecular complexity index is 439. The van der Waals surface area contributed by atoms with Crippen molar-refractivity contribution >= 4 is 5.97 Å². The maximum atomic E-state index is 10.6. The second kappa shape index (κ2) is 7.29. The van der Waals surface area contributed by atoms with Gasteiger partial charge in [0.05, 0.1) is 0 Å². The van der Waals surface area contributed by atoms with Gasteiger partial charge < -0.3 is 14.7 Å². The molecule has 1 aromatic rings. The normalized spacial score (nSPS) is 17.1. The van der Waals surface area contributed by atoms with Gasteiger partial charge in [0.15, 0.2) is 0 Å². The molecule has 0 atom stereocenters. The molecule has 0 aromatic heterocycles. The maximum absolute atomic E-state index is 10.6. The number of carbonyl (C=O) groups is 1. The number of aliphatic carboxylic acids is 1. The molecule has 1 aliphatic rings. The standard InChI is InChI=1S/C16H23NO3/c1-17-11-9-14(10-12-17)20-15-7-3-2-5-13(15)6-4-8-16(18)19/h2-3,5,7,14H,4,6,8-12H2,1H3,(H,18,19). The van der Waals surface area contributed by atoms with E-state index in [1.165, 1.54) is 0 Å². The highest BCUT2D eigenvalue weighted by atomic mass is 16.5. The van der Waals surface area contributed by atoms with Crippen LogP contribution in [-0.4, -0.2) is 42.2 Å². The van der Waals surface area contributed by atoms with Gasteiger partial charge in [-0.25, -0.2) is 0 Å². The zero-order chi connectivity index (χ0) is 14.4. The van der Waals surface area contributed by atoms with Crippen LogP contribution in [0.4, 0.5) is 0 Å². The molecule has 0 aliphatic carbocycles. The van der Waals surface area contributed by atoms with Crippen molar-refractivity contribution < 1.29 is 14.6 Å². The van der Waals surface area contributed by atoms with Gasteiger partial charge in [-0.3, -0.25) is 4.79 Å². The molecule has 0 saturated carbocycles. The molecule has 1 saturated heterocycles. The molecule has 110 valence electrons. The topological polar surface area (TPSA) is 49.8 Å². The minimum atomic E-state index is -0.737. The highest BCUT2D eigenvalue weighted by Crippen LogP contribution is 2.24. The molecular weight excluding hydrogens is 254 g/mol. The van der Waals surface area contributed by atoms with E-state index in [2.05, 4.69) is 11.9 Å². The monoisotopic (exact) mass is 277 g/mol. The summed E-state index contributed by atoms with van der Waals surface area (Å²) in [6.45, 7) is 2.15. The summed E-state index contributed by atoms with van der Waals surface area (Å²) in [6.07, 6.45) is 4.02. The Labute approximate surface area is 120 Å². The molecule has 0 spiro atoms. The molecule has 1 heterocycles. The Balaban J connectivity index is 1.91. The van der Waals surface area contributed by atoms with Gasteiger partial charge in [0.25, 0.3) is 0 Å². The molecular formula is C16H23NO3. The molecule has 4 nitrogen and oxygen atoms in total. The van der Waals surface area contributed by atoms with E-state index in [1.54, 1.807) is 0 Å². The Morgan fingerprint density at radius 1 is 1.35 bits per heavy atom. The third-order valence-corrected chi connectivity index (χ3v) is 3.77. The first-order chi connectivity index (χ1) is 9.65. The smallest absolute Gasteiger partial charge is 0.303 e. The average molecular weight is 277 g/mol. The number of benzene rings is 1. The molecule has 4 heteroatoms. The van der Waals surface area contributed by atoms with Gasteiger partial charge in [0.2, 0.25) is 0 Å². The molecule has 20 heavy (non-hydrogen) atoms. The summed E-state index contributed by atoms with van der Waals surface area (Å²) in [7, 11) is 2.13. The lowest BCUT2D eigenvalue weighted by Gasteiger charge is -2.30. The lowest BCUT2D eigenvalue weighted by Crippen LogP contribution is -2.35. The third kappa shape index (κ3) is 4.53. The lowest BCUT2D eigenvalue weighted by atomic mass is 10.1. The molecule has 0 amide bonds. The van der Waals surface area contributed by atoms with Crippen molar-refractivity contribution in [1.82, 2.24) is 4.90 Å². The van der Waals surface area contributed by atoms with Crippen molar-refractivity contribution in [3.8, 4) is 5.75 Å². The van der Waals surface area contributed by atoms with Crippen LogP contribution >= 0.6 is 0 Å². The zero-order valence-electron chi connectivity index (χ0n) is 12.0. The molecule has 0 bridgehead atoms. The van der Waals surface area contributed by atoms with E-state index in [-0.39, 0.29) is 12.5 Å². The minimum absolute atomic E-state index is 0.211. The third-order valence-electron chi connectivity index (χ3n) is 3.77. The van der Waals surface area contributed by atoms with Crippen molar-refractivity contribution in [3.05, 3.63) is 29.8 Å². The SMILES string of the molecule is CN1CCC(Oc2ccccc2CCCC(=O)O)CC1. The zero-order valence-corrected chi connectivity index (χ0v) is 12.0. The van der Waals surface area contributed by atoms with Crippen LogP contribution in [0, 0.1) is 0 Å². The van der Waals surface area contributed by atoms with E-state index < -0.39 is 5.97 Å². The van der Waals surface area contributed by atoms with E-state index in [0.717, 1.165) is 43.7 Å². The second-order valence-electron chi connectivity index (χ2n) is 5.48. The number of ether oxygens (including phenoxy) is 1. The fourth-order valence-electron chi connectivity index (χ4n) is 2.54. The van der Waals surface area contributed by atoms with Crippen LogP contribution in [0.3, 0.4) is 0 Å². The average Bonchev–Trinajstić information content (AvgIpc) is 2.43. The largest absolute Gasteiger partial charge is 0.490 e. The molecule has 1 aromatic carbocycles. The van der Waals surface area contributed by atoms with Crippen molar-refractivity contribution in [2.45, 2.75) is 38.2 Å². The van der Waals surface area contributed by atoms with Crippen molar-refractivity contribution in [2.75, 3.05) is 20.1 Å². The molecule has 1 N–H and O–H groups in total. The van der Waals surface area contributed by atoms with Gasteiger partial charge in [-0.15, -0.1) is 0 Å².